The molecular formula is C18H24N4O3. The quantitative estimate of drug-likeness (QED) is 0.824. The van der Waals surface area contributed by atoms with Crippen molar-refractivity contribution >= 4 is 17.7 Å². The highest BCUT2D eigenvalue weighted by Crippen LogP contribution is 2.12. The number of carbonyl (C=O) groups is 2. The van der Waals surface area contributed by atoms with Gasteiger partial charge in [-0.3, -0.25) is 4.79 Å². The van der Waals surface area contributed by atoms with Gasteiger partial charge in [-0.15, -0.1) is 0 Å². The van der Waals surface area contributed by atoms with Crippen LogP contribution in [0.2, 0.25) is 0 Å². The minimum atomic E-state index is -0.281. The average molecular weight is 344 g/mol. The van der Waals surface area contributed by atoms with Gasteiger partial charge in [0, 0.05) is 37.8 Å². The van der Waals surface area contributed by atoms with Crippen molar-refractivity contribution in [2.45, 2.75) is 32.2 Å². The number of carbonyl (C=O) groups excluding carboxylic acids is 2. The Morgan fingerprint density at radius 1 is 1.36 bits per heavy atom. The normalized spacial score (nSPS) is 14.5. The maximum absolute atomic E-state index is 12.0. The number of anilines is 1. The third kappa shape index (κ3) is 5.99. The van der Waals surface area contributed by atoms with Gasteiger partial charge in [-0.05, 0) is 38.0 Å². The van der Waals surface area contributed by atoms with E-state index in [1.54, 1.807) is 30.0 Å². The summed E-state index contributed by atoms with van der Waals surface area (Å²) in [4.78, 5) is 25.3. The Morgan fingerprint density at radius 2 is 2.12 bits per heavy atom. The molecule has 1 heterocycles. The number of nitriles is 1. The Morgan fingerprint density at radius 3 is 2.80 bits per heavy atom. The van der Waals surface area contributed by atoms with E-state index in [0.29, 0.717) is 38.2 Å². The van der Waals surface area contributed by atoms with Gasteiger partial charge in [0.2, 0.25) is 5.91 Å². The van der Waals surface area contributed by atoms with Crippen LogP contribution in [0.25, 0.3) is 0 Å². The molecule has 134 valence electrons. The first-order chi connectivity index (χ1) is 12.1. The molecule has 0 aromatic heterocycles. The van der Waals surface area contributed by atoms with Crippen LogP contribution in [-0.4, -0.2) is 49.2 Å². The fourth-order valence-electron chi connectivity index (χ4n) is 2.74. The van der Waals surface area contributed by atoms with Crippen LogP contribution >= 0.6 is 0 Å². The minimum absolute atomic E-state index is 0.0153. The molecule has 1 fully saturated rings. The number of likely N-dealkylation sites (tertiary alicyclic amines) is 1. The molecule has 2 N–H and O–H groups in total. The number of ether oxygens (including phenoxy) is 1. The van der Waals surface area contributed by atoms with Gasteiger partial charge in [0.25, 0.3) is 0 Å². The summed E-state index contributed by atoms with van der Waals surface area (Å²) < 4.78 is 4.98. The van der Waals surface area contributed by atoms with Gasteiger partial charge in [0.15, 0.2) is 0 Å². The lowest BCUT2D eigenvalue weighted by Crippen LogP contribution is -2.46. The molecule has 0 atom stereocenters. The monoisotopic (exact) mass is 344 g/mol. The van der Waals surface area contributed by atoms with Gasteiger partial charge in [0.1, 0.15) is 0 Å². The SMILES string of the molecule is CCOC(=O)N1CCC(NC(=O)CCNc2cccc(C#N)c2)CC1. The molecule has 0 bridgehead atoms. The van der Waals surface area contributed by atoms with Crippen LogP contribution in [0.5, 0.6) is 0 Å². The zero-order valence-electron chi connectivity index (χ0n) is 14.5. The second-order valence-corrected chi connectivity index (χ2v) is 5.90. The lowest BCUT2D eigenvalue weighted by atomic mass is 10.1. The Balaban J connectivity index is 1.66. The maximum atomic E-state index is 12.0. The van der Waals surface area contributed by atoms with Gasteiger partial charge < -0.3 is 20.3 Å². The van der Waals surface area contributed by atoms with E-state index in [1.165, 1.54) is 0 Å². The summed E-state index contributed by atoms with van der Waals surface area (Å²) in [6.07, 6.45) is 1.55. The van der Waals surface area contributed by atoms with Crippen molar-refractivity contribution in [1.29, 1.82) is 5.26 Å². The third-order valence-corrected chi connectivity index (χ3v) is 4.06. The number of rotatable bonds is 6. The minimum Gasteiger partial charge on any atom is -0.450 e. The highest BCUT2D eigenvalue weighted by Gasteiger charge is 2.24. The number of amides is 2. The van der Waals surface area contributed by atoms with Crippen molar-refractivity contribution in [1.82, 2.24) is 10.2 Å². The standard InChI is InChI=1S/C18H24N4O3/c1-2-25-18(24)22-10-7-15(8-11-22)21-17(23)6-9-20-16-5-3-4-14(12-16)13-19/h3-5,12,15,20H,2,6-11H2,1H3,(H,21,23). The zero-order chi connectivity index (χ0) is 18.1. The summed E-state index contributed by atoms with van der Waals surface area (Å²) in [6.45, 7) is 3.86. The van der Waals surface area contributed by atoms with Gasteiger partial charge in [-0.25, -0.2) is 4.79 Å². The van der Waals surface area contributed by atoms with Crippen molar-refractivity contribution in [3.05, 3.63) is 29.8 Å². The van der Waals surface area contributed by atoms with Crippen LogP contribution < -0.4 is 10.6 Å². The molecule has 2 rings (SSSR count). The van der Waals surface area contributed by atoms with Crippen molar-refractivity contribution in [2.24, 2.45) is 0 Å². The topological polar surface area (TPSA) is 94.5 Å². The van der Waals surface area contributed by atoms with Crippen LogP contribution in [0.3, 0.4) is 0 Å². The van der Waals surface area contributed by atoms with E-state index in [2.05, 4.69) is 16.7 Å². The molecule has 2 amide bonds. The molecule has 1 aliphatic rings. The number of hydrogen-bond acceptors (Lipinski definition) is 5. The Kier molecular flexibility index (Phi) is 7.08. The molecule has 0 aliphatic carbocycles. The van der Waals surface area contributed by atoms with E-state index in [1.807, 2.05) is 6.07 Å². The fourth-order valence-corrected chi connectivity index (χ4v) is 2.74. The second-order valence-electron chi connectivity index (χ2n) is 5.90. The summed E-state index contributed by atoms with van der Waals surface area (Å²) in [7, 11) is 0. The third-order valence-electron chi connectivity index (χ3n) is 4.06. The van der Waals surface area contributed by atoms with E-state index in [-0.39, 0.29) is 18.0 Å². The van der Waals surface area contributed by atoms with Crippen LogP contribution in [-0.2, 0) is 9.53 Å². The van der Waals surface area contributed by atoms with Gasteiger partial charge >= 0.3 is 6.09 Å². The molecule has 1 aromatic rings. The van der Waals surface area contributed by atoms with Gasteiger partial charge in [-0.2, -0.15) is 5.26 Å². The van der Waals surface area contributed by atoms with Crippen LogP contribution in [0.4, 0.5) is 10.5 Å². The lowest BCUT2D eigenvalue weighted by Gasteiger charge is -2.31. The second kappa shape index (κ2) is 9.52. The van der Waals surface area contributed by atoms with E-state index >= 15 is 0 Å². The highest BCUT2D eigenvalue weighted by molar-refractivity contribution is 5.77. The summed E-state index contributed by atoms with van der Waals surface area (Å²) in [5.41, 5.74) is 1.41. The first-order valence-corrected chi connectivity index (χ1v) is 8.57. The van der Waals surface area contributed by atoms with E-state index in [9.17, 15) is 9.59 Å². The molecule has 7 heteroatoms. The molecule has 1 aliphatic heterocycles. The predicted molar refractivity (Wildman–Crippen MR) is 94.0 cm³/mol. The summed E-state index contributed by atoms with van der Waals surface area (Å²) in [5, 5.41) is 15.0. The molecule has 1 aromatic carbocycles. The smallest absolute Gasteiger partial charge is 0.409 e. The van der Waals surface area contributed by atoms with Crippen LogP contribution in [0.1, 0.15) is 31.7 Å². The largest absolute Gasteiger partial charge is 0.450 e. The van der Waals surface area contributed by atoms with Crippen molar-refractivity contribution in [3.8, 4) is 6.07 Å². The first-order valence-electron chi connectivity index (χ1n) is 8.57. The molecule has 7 nitrogen and oxygen atoms in total. The molecule has 0 saturated carbocycles. The first kappa shape index (κ1) is 18.6. The number of piperidine rings is 1. The van der Waals surface area contributed by atoms with Crippen molar-refractivity contribution < 1.29 is 14.3 Å². The number of nitrogens with zero attached hydrogens (tertiary/aromatic N) is 2. The van der Waals surface area contributed by atoms with Crippen molar-refractivity contribution in [2.75, 3.05) is 31.6 Å². The average Bonchev–Trinajstić information content (AvgIpc) is 2.62. The van der Waals surface area contributed by atoms with Crippen LogP contribution in [0, 0.1) is 11.3 Å². The molecule has 0 radical (unpaired) electrons. The van der Waals surface area contributed by atoms with Gasteiger partial charge in [-0.1, -0.05) is 6.07 Å². The Labute approximate surface area is 147 Å². The summed E-state index contributed by atoms with van der Waals surface area (Å²) >= 11 is 0. The van der Waals surface area contributed by atoms with Crippen molar-refractivity contribution in [3.63, 3.8) is 0 Å². The Hall–Kier alpha value is -2.75. The van der Waals surface area contributed by atoms with Crippen LogP contribution in [0.15, 0.2) is 24.3 Å². The Bertz CT molecular complexity index is 633. The highest BCUT2D eigenvalue weighted by atomic mass is 16.6. The summed E-state index contributed by atoms with van der Waals surface area (Å²) in [5.74, 6) is -0.0153. The number of hydrogen-bond donors (Lipinski definition) is 2. The molecule has 25 heavy (non-hydrogen) atoms. The van der Waals surface area contributed by atoms with E-state index in [0.717, 1.165) is 18.5 Å². The molecular weight excluding hydrogens is 320 g/mol. The van der Waals surface area contributed by atoms with Gasteiger partial charge in [0.05, 0.1) is 18.2 Å². The number of benzene rings is 1. The van der Waals surface area contributed by atoms with E-state index in [4.69, 9.17) is 10.00 Å². The zero-order valence-corrected chi connectivity index (χ0v) is 14.5. The van der Waals surface area contributed by atoms with E-state index < -0.39 is 0 Å². The lowest BCUT2D eigenvalue weighted by molar-refractivity contribution is -0.121. The maximum Gasteiger partial charge on any atom is 0.409 e. The molecule has 0 spiro atoms. The summed E-state index contributed by atoms with van der Waals surface area (Å²) in [6, 6.07) is 9.34. The number of nitrogens with one attached hydrogen (secondary N) is 2. The predicted octanol–water partition coefficient (Wildman–Crippen LogP) is 2.10. The fraction of sp³-hybridized carbons (Fsp3) is 0.500. The molecule has 1 saturated heterocycles. The molecule has 0 unspecified atom stereocenters.